The third kappa shape index (κ3) is 3.22. The van der Waals surface area contributed by atoms with E-state index in [2.05, 4.69) is 34.1 Å². The molecule has 0 radical (unpaired) electrons. The maximum atomic E-state index is 4.59. The lowest BCUT2D eigenvalue weighted by molar-refractivity contribution is 0.550. The summed E-state index contributed by atoms with van der Waals surface area (Å²) in [5.41, 5.74) is 4.24. The van der Waals surface area contributed by atoms with Crippen LogP contribution in [-0.4, -0.2) is 26.1 Å². The molecule has 0 aliphatic carbocycles. The normalized spacial score (nSPS) is 11.3. The topological polar surface area (TPSA) is 55.6 Å². The fourth-order valence-corrected chi connectivity index (χ4v) is 1.97. The molecule has 0 aromatic carbocycles. The maximum absolute atomic E-state index is 4.59. The number of hydrogen-bond donors (Lipinski definition) is 1. The Labute approximate surface area is 120 Å². The summed E-state index contributed by atoms with van der Waals surface area (Å²) in [6.07, 6.45) is 3.68. The van der Waals surface area contributed by atoms with Gasteiger partial charge in [0.1, 0.15) is 6.33 Å². The van der Waals surface area contributed by atoms with Gasteiger partial charge in [0.2, 0.25) is 5.95 Å². The Kier molecular flexibility index (Phi) is 4.49. The van der Waals surface area contributed by atoms with Crippen molar-refractivity contribution in [3.8, 4) is 5.95 Å². The molecule has 1 N–H and O–H groups in total. The Morgan fingerprint density at radius 3 is 2.45 bits per heavy atom. The van der Waals surface area contributed by atoms with Gasteiger partial charge in [-0.05, 0) is 33.2 Å². The summed E-state index contributed by atoms with van der Waals surface area (Å²) in [7, 11) is 0. The van der Waals surface area contributed by atoms with Gasteiger partial charge >= 0.3 is 0 Å². The minimum atomic E-state index is 0.645. The molecule has 20 heavy (non-hydrogen) atoms. The number of hydrogen-bond acceptors (Lipinski definition) is 4. The fraction of sp³-hybridized carbons (Fsp3) is 0.533. The second-order valence-corrected chi connectivity index (χ2v) is 5.59. The molecule has 2 aromatic heterocycles. The van der Waals surface area contributed by atoms with Crippen LogP contribution in [0.3, 0.4) is 0 Å². The first-order valence-electron chi connectivity index (χ1n) is 7.03. The molecule has 0 spiro atoms. The average molecular weight is 273 g/mol. The van der Waals surface area contributed by atoms with Crippen LogP contribution in [0.2, 0.25) is 0 Å². The molecule has 0 saturated heterocycles. The molecule has 0 atom stereocenters. The molecule has 0 aliphatic rings. The number of aromatic nitrogens is 4. The van der Waals surface area contributed by atoms with Crippen molar-refractivity contribution in [2.75, 3.05) is 6.54 Å². The lowest BCUT2D eigenvalue weighted by atomic mass is 10.2. The summed E-state index contributed by atoms with van der Waals surface area (Å²) in [6.45, 7) is 12.2. The third-order valence-corrected chi connectivity index (χ3v) is 3.40. The zero-order chi connectivity index (χ0) is 14.7. The van der Waals surface area contributed by atoms with E-state index >= 15 is 0 Å². The van der Waals surface area contributed by atoms with E-state index in [-0.39, 0.29) is 0 Å². The van der Waals surface area contributed by atoms with Gasteiger partial charge in [0.15, 0.2) is 0 Å². The van der Waals surface area contributed by atoms with E-state index < -0.39 is 0 Å². The SMILES string of the molecule is Cc1nc(-n2cnc(C)c2C)ncc1CNCC(C)C. The van der Waals surface area contributed by atoms with E-state index in [1.165, 1.54) is 0 Å². The van der Waals surface area contributed by atoms with Gasteiger partial charge in [0.05, 0.1) is 5.69 Å². The molecule has 0 bridgehead atoms. The maximum Gasteiger partial charge on any atom is 0.235 e. The molecular formula is C15H23N5. The van der Waals surface area contributed by atoms with Crippen LogP contribution in [0.25, 0.3) is 5.95 Å². The summed E-state index contributed by atoms with van der Waals surface area (Å²) in [5, 5.41) is 3.42. The largest absolute Gasteiger partial charge is 0.312 e. The molecule has 5 nitrogen and oxygen atoms in total. The number of nitrogens with one attached hydrogen (secondary N) is 1. The molecule has 0 aliphatic heterocycles. The molecule has 0 saturated carbocycles. The van der Waals surface area contributed by atoms with Gasteiger partial charge in [-0.1, -0.05) is 13.8 Å². The fourth-order valence-electron chi connectivity index (χ4n) is 1.97. The third-order valence-electron chi connectivity index (χ3n) is 3.40. The van der Waals surface area contributed by atoms with Gasteiger partial charge < -0.3 is 5.32 Å². The quantitative estimate of drug-likeness (QED) is 0.908. The predicted molar refractivity (Wildman–Crippen MR) is 79.9 cm³/mol. The molecular weight excluding hydrogens is 250 g/mol. The number of imidazole rings is 1. The lowest BCUT2D eigenvalue weighted by Gasteiger charge is -2.10. The van der Waals surface area contributed by atoms with Crippen molar-refractivity contribution in [3.05, 3.63) is 35.2 Å². The van der Waals surface area contributed by atoms with E-state index in [9.17, 15) is 0 Å². The number of nitrogens with zero attached hydrogens (tertiary/aromatic N) is 4. The van der Waals surface area contributed by atoms with Gasteiger partial charge in [-0.15, -0.1) is 0 Å². The Hall–Kier alpha value is -1.75. The van der Waals surface area contributed by atoms with Crippen LogP contribution in [-0.2, 0) is 6.54 Å². The minimum Gasteiger partial charge on any atom is -0.312 e. The van der Waals surface area contributed by atoms with Crippen molar-refractivity contribution in [2.45, 2.75) is 41.2 Å². The monoisotopic (exact) mass is 273 g/mol. The molecule has 5 heteroatoms. The highest BCUT2D eigenvalue weighted by atomic mass is 15.2. The van der Waals surface area contributed by atoms with E-state index in [4.69, 9.17) is 0 Å². The zero-order valence-corrected chi connectivity index (χ0v) is 12.9. The van der Waals surface area contributed by atoms with E-state index in [1.807, 2.05) is 31.5 Å². The van der Waals surface area contributed by atoms with E-state index in [0.717, 1.165) is 35.7 Å². The molecule has 0 amide bonds. The summed E-state index contributed by atoms with van der Waals surface area (Å²) in [5.74, 6) is 1.33. The average Bonchev–Trinajstić information content (AvgIpc) is 2.72. The van der Waals surface area contributed by atoms with Crippen molar-refractivity contribution in [3.63, 3.8) is 0 Å². The lowest BCUT2D eigenvalue weighted by Crippen LogP contribution is -2.20. The van der Waals surface area contributed by atoms with Crippen LogP contribution in [0.4, 0.5) is 0 Å². The number of rotatable bonds is 5. The van der Waals surface area contributed by atoms with Crippen molar-refractivity contribution in [1.29, 1.82) is 0 Å². The van der Waals surface area contributed by atoms with Crippen LogP contribution >= 0.6 is 0 Å². The van der Waals surface area contributed by atoms with Crippen LogP contribution < -0.4 is 5.32 Å². The van der Waals surface area contributed by atoms with Crippen LogP contribution in [0.1, 0.15) is 36.5 Å². The smallest absolute Gasteiger partial charge is 0.235 e. The van der Waals surface area contributed by atoms with Crippen molar-refractivity contribution in [1.82, 2.24) is 24.8 Å². The summed E-state index contributed by atoms with van der Waals surface area (Å²) in [4.78, 5) is 13.3. The van der Waals surface area contributed by atoms with E-state index in [1.54, 1.807) is 6.33 Å². The Balaban J connectivity index is 2.15. The van der Waals surface area contributed by atoms with Gasteiger partial charge in [-0.3, -0.25) is 4.57 Å². The molecule has 108 valence electrons. The van der Waals surface area contributed by atoms with Crippen molar-refractivity contribution < 1.29 is 0 Å². The summed E-state index contributed by atoms with van der Waals surface area (Å²) < 4.78 is 1.92. The highest BCUT2D eigenvalue weighted by molar-refractivity contribution is 5.25. The van der Waals surface area contributed by atoms with Gasteiger partial charge in [0, 0.05) is 29.7 Å². The van der Waals surface area contributed by atoms with Crippen LogP contribution in [0.5, 0.6) is 0 Å². The summed E-state index contributed by atoms with van der Waals surface area (Å²) >= 11 is 0. The molecule has 2 heterocycles. The van der Waals surface area contributed by atoms with Crippen LogP contribution in [0.15, 0.2) is 12.5 Å². The second-order valence-electron chi connectivity index (χ2n) is 5.59. The molecule has 0 fully saturated rings. The van der Waals surface area contributed by atoms with Gasteiger partial charge in [-0.25, -0.2) is 15.0 Å². The van der Waals surface area contributed by atoms with E-state index in [0.29, 0.717) is 11.9 Å². The molecule has 2 aromatic rings. The van der Waals surface area contributed by atoms with Crippen molar-refractivity contribution in [2.24, 2.45) is 5.92 Å². The molecule has 0 unspecified atom stereocenters. The predicted octanol–water partition coefficient (Wildman–Crippen LogP) is 2.33. The van der Waals surface area contributed by atoms with Crippen LogP contribution in [0, 0.1) is 26.7 Å². The summed E-state index contributed by atoms with van der Waals surface area (Å²) in [6, 6.07) is 0. The highest BCUT2D eigenvalue weighted by Crippen LogP contribution is 2.12. The first kappa shape index (κ1) is 14.7. The zero-order valence-electron chi connectivity index (χ0n) is 12.9. The van der Waals surface area contributed by atoms with Crippen molar-refractivity contribution >= 4 is 0 Å². The standard InChI is InChI=1S/C15H23N5/c1-10(2)6-16-7-14-8-17-15(19-12(14)4)20-9-18-11(3)13(20)5/h8-10,16H,6-7H2,1-5H3. The first-order chi connectivity index (χ1) is 9.49. The Morgan fingerprint density at radius 1 is 1.15 bits per heavy atom. The van der Waals surface area contributed by atoms with Gasteiger partial charge in [0.25, 0.3) is 0 Å². The first-order valence-corrected chi connectivity index (χ1v) is 7.03. The number of aryl methyl sites for hydroxylation is 2. The molecule has 2 rings (SSSR count). The minimum absolute atomic E-state index is 0.645. The Morgan fingerprint density at radius 2 is 1.90 bits per heavy atom. The second kappa shape index (κ2) is 6.13. The van der Waals surface area contributed by atoms with Gasteiger partial charge in [-0.2, -0.15) is 0 Å². The highest BCUT2D eigenvalue weighted by Gasteiger charge is 2.09. The Bertz CT molecular complexity index is 586.